The van der Waals surface area contributed by atoms with Gasteiger partial charge in [0.1, 0.15) is 17.3 Å². The van der Waals surface area contributed by atoms with Crippen LogP contribution in [0.25, 0.3) is 0 Å². The summed E-state index contributed by atoms with van der Waals surface area (Å²) >= 11 is 0. The van der Waals surface area contributed by atoms with E-state index in [9.17, 15) is 9.59 Å². The van der Waals surface area contributed by atoms with Crippen LogP contribution in [0.1, 0.15) is 29.1 Å². The van der Waals surface area contributed by atoms with Crippen LogP contribution in [0.2, 0.25) is 0 Å². The van der Waals surface area contributed by atoms with Crippen molar-refractivity contribution in [2.45, 2.75) is 25.7 Å². The number of aryl methyl sites for hydroxylation is 1. The minimum atomic E-state index is -0.310. The first-order valence-corrected chi connectivity index (χ1v) is 9.52. The maximum Gasteiger partial charge on any atom is 0.272 e. The lowest BCUT2D eigenvalue weighted by Gasteiger charge is -2.06. The monoisotopic (exact) mass is 392 g/mol. The number of hydrogen-bond acceptors (Lipinski definition) is 5. The molecule has 0 unspecified atom stereocenters. The minimum Gasteiger partial charge on any atom is -0.497 e. The van der Waals surface area contributed by atoms with E-state index in [2.05, 4.69) is 20.5 Å². The van der Waals surface area contributed by atoms with Crippen LogP contribution in [0.4, 0.5) is 0 Å². The Morgan fingerprint density at radius 3 is 2.59 bits per heavy atom. The molecule has 0 fully saturated rings. The summed E-state index contributed by atoms with van der Waals surface area (Å²) in [6, 6.07) is 17.5. The highest BCUT2D eigenvalue weighted by Crippen LogP contribution is 2.14. The van der Waals surface area contributed by atoms with Gasteiger partial charge in [0.25, 0.3) is 5.56 Å². The molecule has 7 heteroatoms. The predicted octanol–water partition coefficient (Wildman–Crippen LogP) is 2.06. The lowest BCUT2D eigenvalue weighted by Crippen LogP contribution is -2.27. The summed E-state index contributed by atoms with van der Waals surface area (Å²) in [5.41, 5.74) is 2.08. The van der Waals surface area contributed by atoms with Crippen molar-refractivity contribution in [2.75, 3.05) is 13.7 Å². The van der Waals surface area contributed by atoms with Crippen molar-refractivity contribution in [1.82, 2.24) is 20.5 Å². The van der Waals surface area contributed by atoms with Gasteiger partial charge in [-0.3, -0.25) is 9.59 Å². The van der Waals surface area contributed by atoms with E-state index in [-0.39, 0.29) is 30.0 Å². The third kappa shape index (κ3) is 6.27. The fourth-order valence-corrected chi connectivity index (χ4v) is 2.92. The second-order valence-electron chi connectivity index (χ2n) is 6.66. The van der Waals surface area contributed by atoms with Crippen LogP contribution in [-0.4, -0.2) is 34.7 Å². The van der Waals surface area contributed by atoms with E-state index in [1.54, 1.807) is 7.11 Å². The number of nitrogens with zero attached hydrogens (tertiary/aromatic N) is 2. The molecular formula is C22H24N4O3. The van der Waals surface area contributed by atoms with E-state index in [4.69, 9.17) is 4.74 Å². The number of aromatic amines is 1. The maximum atomic E-state index is 12.3. The quantitative estimate of drug-likeness (QED) is 0.581. The molecule has 2 aromatic carbocycles. The molecule has 29 heavy (non-hydrogen) atoms. The molecule has 2 N–H and O–H groups in total. The number of carbonyl (C=O) groups excluding carboxylic acids is 1. The lowest BCUT2D eigenvalue weighted by atomic mass is 10.1. The topological polar surface area (TPSA) is 97.0 Å². The standard InChI is InChI=1S/C22H24N4O3/c1-29-18-9-5-8-17(14-18)15-20-24-22(28)19(25-26-20)10-11-21(27)23-13-12-16-6-3-2-4-7-16/h2-9,14H,10-13,15H2,1H3,(H,23,27)(H,24,26,28). The van der Waals surface area contributed by atoms with Crippen molar-refractivity contribution in [3.8, 4) is 5.75 Å². The third-order valence-corrected chi connectivity index (χ3v) is 4.48. The SMILES string of the molecule is COc1cccc(Cc2nnc(CCC(=O)NCCc3ccccc3)c(=O)[nH]2)c1. The van der Waals surface area contributed by atoms with Gasteiger partial charge in [-0.2, -0.15) is 0 Å². The molecule has 1 aromatic heterocycles. The van der Waals surface area contributed by atoms with Crippen molar-refractivity contribution < 1.29 is 9.53 Å². The number of benzene rings is 2. The van der Waals surface area contributed by atoms with Gasteiger partial charge in [0.15, 0.2) is 0 Å². The van der Waals surface area contributed by atoms with Gasteiger partial charge < -0.3 is 15.0 Å². The van der Waals surface area contributed by atoms with Crippen molar-refractivity contribution in [3.05, 3.63) is 87.6 Å². The van der Waals surface area contributed by atoms with Gasteiger partial charge in [-0.05, 0) is 29.7 Å². The molecule has 0 aliphatic carbocycles. The number of carbonyl (C=O) groups is 1. The van der Waals surface area contributed by atoms with Crippen molar-refractivity contribution in [3.63, 3.8) is 0 Å². The molecule has 0 saturated carbocycles. The van der Waals surface area contributed by atoms with Gasteiger partial charge in [-0.25, -0.2) is 0 Å². The number of rotatable bonds is 9. The molecule has 3 aromatic rings. The Balaban J connectivity index is 1.48. The molecule has 0 aliphatic heterocycles. The van der Waals surface area contributed by atoms with E-state index in [1.165, 1.54) is 5.56 Å². The smallest absolute Gasteiger partial charge is 0.272 e. The summed E-state index contributed by atoms with van der Waals surface area (Å²) in [5, 5.41) is 11.0. The minimum absolute atomic E-state index is 0.109. The van der Waals surface area contributed by atoms with E-state index in [1.807, 2.05) is 54.6 Å². The molecule has 150 valence electrons. The van der Waals surface area contributed by atoms with Crippen LogP contribution in [0.15, 0.2) is 59.4 Å². The Morgan fingerprint density at radius 2 is 1.83 bits per heavy atom. The van der Waals surface area contributed by atoms with Crippen LogP contribution in [0, 0.1) is 0 Å². The Bertz CT molecular complexity index is 1000. The molecule has 0 spiro atoms. The first-order valence-electron chi connectivity index (χ1n) is 9.52. The highest BCUT2D eigenvalue weighted by Gasteiger charge is 2.09. The largest absolute Gasteiger partial charge is 0.497 e. The van der Waals surface area contributed by atoms with E-state index < -0.39 is 0 Å². The highest BCUT2D eigenvalue weighted by atomic mass is 16.5. The third-order valence-electron chi connectivity index (χ3n) is 4.48. The lowest BCUT2D eigenvalue weighted by molar-refractivity contribution is -0.121. The normalized spacial score (nSPS) is 10.5. The second-order valence-corrected chi connectivity index (χ2v) is 6.66. The Labute approximate surface area is 169 Å². The van der Waals surface area contributed by atoms with Gasteiger partial charge in [-0.15, -0.1) is 10.2 Å². The summed E-state index contributed by atoms with van der Waals surface area (Å²) in [6.07, 6.45) is 1.66. The number of nitrogens with one attached hydrogen (secondary N) is 2. The average Bonchev–Trinajstić information content (AvgIpc) is 2.74. The number of methoxy groups -OCH3 is 1. The number of hydrogen-bond donors (Lipinski definition) is 2. The van der Waals surface area contributed by atoms with Gasteiger partial charge in [0, 0.05) is 25.8 Å². The summed E-state index contributed by atoms with van der Waals surface area (Å²) in [4.78, 5) is 27.0. The Morgan fingerprint density at radius 1 is 1.03 bits per heavy atom. The predicted molar refractivity (Wildman–Crippen MR) is 110 cm³/mol. The highest BCUT2D eigenvalue weighted by molar-refractivity contribution is 5.76. The summed E-state index contributed by atoms with van der Waals surface area (Å²) in [6.45, 7) is 0.560. The van der Waals surface area contributed by atoms with Crippen LogP contribution in [0.5, 0.6) is 5.75 Å². The molecule has 7 nitrogen and oxygen atoms in total. The number of aromatic nitrogens is 3. The first-order chi connectivity index (χ1) is 14.1. The fourth-order valence-electron chi connectivity index (χ4n) is 2.92. The van der Waals surface area contributed by atoms with E-state index in [0.29, 0.717) is 18.8 Å². The van der Waals surface area contributed by atoms with Gasteiger partial charge in [0.05, 0.1) is 7.11 Å². The zero-order valence-electron chi connectivity index (χ0n) is 16.4. The Kier molecular flexibility index (Phi) is 7.10. The number of H-pyrrole nitrogens is 1. The molecule has 0 bridgehead atoms. The number of amides is 1. The molecule has 0 saturated heterocycles. The van der Waals surface area contributed by atoms with Crippen LogP contribution < -0.4 is 15.6 Å². The molecule has 1 amide bonds. The van der Waals surface area contributed by atoms with Gasteiger partial charge in [-0.1, -0.05) is 42.5 Å². The van der Waals surface area contributed by atoms with Crippen LogP contribution >= 0.6 is 0 Å². The van der Waals surface area contributed by atoms with Gasteiger partial charge in [0.2, 0.25) is 5.91 Å². The van der Waals surface area contributed by atoms with Crippen molar-refractivity contribution >= 4 is 5.91 Å². The molecule has 0 radical (unpaired) electrons. The summed E-state index contributed by atoms with van der Waals surface area (Å²) in [5.74, 6) is 1.11. The molecule has 1 heterocycles. The summed E-state index contributed by atoms with van der Waals surface area (Å²) < 4.78 is 5.20. The number of ether oxygens (including phenoxy) is 1. The fraction of sp³-hybridized carbons (Fsp3) is 0.273. The maximum absolute atomic E-state index is 12.3. The van der Waals surface area contributed by atoms with Crippen LogP contribution in [-0.2, 0) is 24.1 Å². The molecule has 3 rings (SSSR count). The van der Waals surface area contributed by atoms with E-state index >= 15 is 0 Å². The molecular weight excluding hydrogens is 368 g/mol. The summed E-state index contributed by atoms with van der Waals surface area (Å²) in [7, 11) is 1.60. The van der Waals surface area contributed by atoms with Gasteiger partial charge >= 0.3 is 0 Å². The van der Waals surface area contributed by atoms with Crippen LogP contribution in [0.3, 0.4) is 0 Å². The molecule has 0 aliphatic rings. The van der Waals surface area contributed by atoms with Crippen molar-refractivity contribution in [2.24, 2.45) is 0 Å². The first kappa shape index (κ1) is 20.3. The zero-order chi connectivity index (χ0) is 20.5. The van der Waals surface area contributed by atoms with E-state index in [0.717, 1.165) is 17.7 Å². The second kappa shape index (κ2) is 10.2. The van der Waals surface area contributed by atoms with Crippen molar-refractivity contribution in [1.29, 1.82) is 0 Å². The average molecular weight is 392 g/mol. The molecule has 0 atom stereocenters. The Hall–Kier alpha value is -3.48. The zero-order valence-corrected chi connectivity index (χ0v) is 16.4.